The summed E-state index contributed by atoms with van der Waals surface area (Å²) in [7, 11) is 0. The molecule has 2 rings (SSSR count). The first kappa shape index (κ1) is 15.5. The van der Waals surface area contributed by atoms with E-state index in [1.807, 2.05) is 0 Å². The van der Waals surface area contributed by atoms with Gasteiger partial charge in [-0.15, -0.1) is 0 Å². The van der Waals surface area contributed by atoms with Crippen LogP contribution in [0.1, 0.15) is 37.4 Å². The van der Waals surface area contributed by atoms with Gasteiger partial charge < -0.3 is 5.11 Å². The summed E-state index contributed by atoms with van der Waals surface area (Å²) in [5.41, 5.74) is 1.52. The number of aryl methyl sites for hydroxylation is 2. The van der Waals surface area contributed by atoms with Crippen molar-refractivity contribution in [2.75, 3.05) is 0 Å². The molecule has 108 valence electrons. The molecule has 0 saturated carbocycles. The SMILES string of the molecule is Cc1ccc(C)c(C(=O)c2ccc(Cl)cc2Cl)c1C(=O)O. The van der Waals surface area contributed by atoms with Crippen molar-refractivity contribution >= 4 is 35.0 Å². The quantitative estimate of drug-likeness (QED) is 0.844. The molecule has 2 aromatic rings. The predicted molar refractivity (Wildman–Crippen MR) is 82.8 cm³/mol. The molecule has 0 aliphatic rings. The van der Waals surface area contributed by atoms with Gasteiger partial charge in [-0.2, -0.15) is 0 Å². The van der Waals surface area contributed by atoms with E-state index >= 15 is 0 Å². The molecule has 0 bridgehead atoms. The van der Waals surface area contributed by atoms with Crippen LogP contribution in [0.5, 0.6) is 0 Å². The number of aromatic carboxylic acids is 1. The maximum Gasteiger partial charge on any atom is 0.336 e. The third-order valence-electron chi connectivity index (χ3n) is 3.24. The van der Waals surface area contributed by atoms with Crippen molar-refractivity contribution in [2.24, 2.45) is 0 Å². The number of hydrogen-bond acceptors (Lipinski definition) is 2. The molecule has 0 radical (unpaired) electrons. The van der Waals surface area contributed by atoms with Gasteiger partial charge in [0.2, 0.25) is 0 Å². The summed E-state index contributed by atoms with van der Waals surface area (Å²) in [6.45, 7) is 3.35. The van der Waals surface area contributed by atoms with E-state index in [1.165, 1.54) is 12.1 Å². The highest BCUT2D eigenvalue weighted by Crippen LogP contribution is 2.27. The van der Waals surface area contributed by atoms with Crippen molar-refractivity contribution in [3.8, 4) is 0 Å². The van der Waals surface area contributed by atoms with Gasteiger partial charge >= 0.3 is 5.97 Å². The van der Waals surface area contributed by atoms with E-state index in [9.17, 15) is 14.7 Å². The van der Waals surface area contributed by atoms with E-state index in [0.717, 1.165) is 0 Å². The molecule has 21 heavy (non-hydrogen) atoms. The van der Waals surface area contributed by atoms with Gasteiger partial charge in [-0.1, -0.05) is 35.3 Å². The van der Waals surface area contributed by atoms with Crippen LogP contribution in [0.2, 0.25) is 10.0 Å². The molecule has 0 atom stereocenters. The third-order valence-corrected chi connectivity index (χ3v) is 3.79. The second-order valence-electron chi connectivity index (χ2n) is 4.71. The fourth-order valence-electron chi connectivity index (χ4n) is 2.19. The van der Waals surface area contributed by atoms with Crippen LogP contribution in [0.25, 0.3) is 0 Å². The predicted octanol–water partition coefficient (Wildman–Crippen LogP) is 4.54. The molecule has 0 amide bonds. The number of halogens is 2. The molecule has 1 N–H and O–H groups in total. The Morgan fingerprint density at radius 1 is 0.952 bits per heavy atom. The number of carboxylic acid groups (broad SMARTS) is 1. The highest BCUT2D eigenvalue weighted by atomic mass is 35.5. The van der Waals surface area contributed by atoms with Crippen molar-refractivity contribution < 1.29 is 14.7 Å². The summed E-state index contributed by atoms with van der Waals surface area (Å²) in [5, 5.41) is 9.99. The van der Waals surface area contributed by atoms with Crippen LogP contribution in [-0.4, -0.2) is 16.9 Å². The summed E-state index contributed by atoms with van der Waals surface area (Å²) >= 11 is 11.9. The molecular formula is C16H12Cl2O3. The van der Waals surface area contributed by atoms with E-state index in [1.54, 1.807) is 32.0 Å². The van der Waals surface area contributed by atoms with Crippen molar-refractivity contribution in [1.82, 2.24) is 0 Å². The second kappa shape index (κ2) is 5.88. The summed E-state index contributed by atoms with van der Waals surface area (Å²) < 4.78 is 0. The summed E-state index contributed by atoms with van der Waals surface area (Å²) in [6, 6.07) is 7.91. The van der Waals surface area contributed by atoms with Gasteiger partial charge in [0.25, 0.3) is 0 Å². The molecule has 0 aliphatic carbocycles. The van der Waals surface area contributed by atoms with Crippen LogP contribution in [0.15, 0.2) is 30.3 Å². The van der Waals surface area contributed by atoms with Gasteiger partial charge in [-0.3, -0.25) is 4.79 Å². The fourth-order valence-corrected chi connectivity index (χ4v) is 2.68. The number of carbonyl (C=O) groups is 2. The van der Waals surface area contributed by atoms with E-state index < -0.39 is 11.8 Å². The minimum atomic E-state index is -1.13. The average molecular weight is 323 g/mol. The minimum absolute atomic E-state index is 0.00557. The zero-order chi connectivity index (χ0) is 15.7. The summed E-state index contributed by atoms with van der Waals surface area (Å²) in [4.78, 5) is 24.1. The first-order chi connectivity index (χ1) is 9.82. The van der Waals surface area contributed by atoms with Crippen molar-refractivity contribution in [2.45, 2.75) is 13.8 Å². The first-order valence-corrected chi connectivity index (χ1v) is 6.91. The Labute approximate surface area is 132 Å². The number of hydrogen-bond donors (Lipinski definition) is 1. The standard InChI is InChI=1S/C16H12Cl2O3/c1-8-3-4-9(2)14(16(20)21)13(8)15(19)11-6-5-10(17)7-12(11)18/h3-7H,1-2H3,(H,20,21). The maximum absolute atomic E-state index is 12.7. The lowest BCUT2D eigenvalue weighted by Crippen LogP contribution is -2.14. The lowest BCUT2D eigenvalue weighted by molar-refractivity contribution is 0.0692. The molecule has 0 unspecified atom stereocenters. The fraction of sp³-hybridized carbons (Fsp3) is 0.125. The monoisotopic (exact) mass is 322 g/mol. The second-order valence-corrected chi connectivity index (χ2v) is 5.55. The molecular weight excluding hydrogens is 311 g/mol. The number of benzene rings is 2. The lowest BCUT2D eigenvalue weighted by atomic mass is 9.91. The molecule has 0 saturated heterocycles. The maximum atomic E-state index is 12.7. The van der Waals surface area contributed by atoms with Crippen molar-refractivity contribution in [3.63, 3.8) is 0 Å². The molecule has 0 aliphatic heterocycles. The van der Waals surface area contributed by atoms with E-state index in [4.69, 9.17) is 23.2 Å². The van der Waals surface area contributed by atoms with Gasteiger partial charge in [-0.25, -0.2) is 4.79 Å². The Morgan fingerprint density at radius 3 is 2.05 bits per heavy atom. The smallest absolute Gasteiger partial charge is 0.336 e. The van der Waals surface area contributed by atoms with Crippen molar-refractivity contribution in [3.05, 3.63) is 68.2 Å². The normalized spacial score (nSPS) is 10.5. The topological polar surface area (TPSA) is 54.4 Å². The minimum Gasteiger partial charge on any atom is -0.478 e. The largest absolute Gasteiger partial charge is 0.478 e. The lowest BCUT2D eigenvalue weighted by Gasteiger charge is -2.12. The van der Waals surface area contributed by atoms with E-state index in [-0.39, 0.29) is 21.7 Å². The highest BCUT2D eigenvalue weighted by Gasteiger charge is 2.23. The Balaban J connectivity index is 2.69. The number of carboxylic acids is 1. The molecule has 5 heteroatoms. The van der Waals surface area contributed by atoms with Gasteiger partial charge in [-0.05, 0) is 43.2 Å². The van der Waals surface area contributed by atoms with E-state index in [2.05, 4.69) is 0 Å². The number of ketones is 1. The van der Waals surface area contributed by atoms with Gasteiger partial charge in [0.05, 0.1) is 10.6 Å². The van der Waals surface area contributed by atoms with Gasteiger partial charge in [0, 0.05) is 16.1 Å². The zero-order valence-corrected chi connectivity index (χ0v) is 12.9. The Morgan fingerprint density at radius 2 is 1.52 bits per heavy atom. The zero-order valence-electron chi connectivity index (χ0n) is 11.4. The molecule has 2 aromatic carbocycles. The molecule has 0 spiro atoms. The number of rotatable bonds is 3. The highest BCUT2D eigenvalue weighted by molar-refractivity contribution is 6.37. The van der Waals surface area contributed by atoms with Gasteiger partial charge in [0.1, 0.15) is 0 Å². The van der Waals surface area contributed by atoms with Crippen LogP contribution < -0.4 is 0 Å². The Kier molecular flexibility index (Phi) is 4.35. The molecule has 0 fully saturated rings. The van der Waals surface area contributed by atoms with Crippen LogP contribution in [-0.2, 0) is 0 Å². The van der Waals surface area contributed by atoms with Crippen LogP contribution in [0, 0.1) is 13.8 Å². The Bertz CT molecular complexity index is 751. The van der Waals surface area contributed by atoms with Crippen LogP contribution in [0.3, 0.4) is 0 Å². The molecule has 3 nitrogen and oxygen atoms in total. The Hall–Kier alpha value is -1.84. The third kappa shape index (κ3) is 2.94. The van der Waals surface area contributed by atoms with Crippen molar-refractivity contribution in [1.29, 1.82) is 0 Å². The number of carbonyl (C=O) groups excluding carboxylic acids is 1. The van der Waals surface area contributed by atoms with Gasteiger partial charge in [0.15, 0.2) is 5.78 Å². The average Bonchev–Trinajstić information content (AvgIpc) is 2.40. The first-order valence-electron chi connectivity index (χ1n) is 6.16. The van der Waals surface area contributed by atoms with Crippen LogP contribution >= 0.6 is 23.2 Å². The van der Waals surface area contributed by atoms with Crippen LogP contribution in [0.4, 0.5) is 0 Å². The summed E-state index contributed by atoms with van der Waals surface area (Å²) in [5.74, 6) is -1.56. The van der Waals surface area contributed by atoms with E-state index in [0.29, 0.717) is 16.1 Å². The molecule has 0 aromatic heterocycles. The molecule has 0 heterocycles. The summed E-state index contributed by atoms with van der Waals surface area (Å²) in [6.07, 6.45) is 0.